The topological polar surface area (TPSA) is 71.5 Å². The van der Waals surface area contributed by atoms with E-state index in [1.54, 1.807) is 25.1 Å². The smallest absolute Gasteiger partial charge is 0.255 e. The van der Waals surface area contributed by atoms with Gasteiger partial charge in [-0.05, 0) is 39.0 Å². The minimum absolute atomic E-state index is 0.0981. The van der Waals surface area contributed by atoms with E-state index in [0.29, 0.717) is 22.3 Å². The van der Waals surface area contributed by atoms with Crippen LogP contribution in [-0.2, 0) is 4.79 Å². The maximum absolute atomic E-state index is 12.7. The zero-order valence-corrected chi connectivity index (χ0v) is 17.9. The molecule has 0 aliphatic heterocycles. The molecule has 28 heavy (non-hydrogen) atoms. The Kier molecular flexibility index (Phi) is 7.92. The molecule has 1 heterocycles. The SMILES string of the molecule is CCN(CC(=O)Nc1c(Cl)cccc1Cl)C(=O)c1cnc(OC(C)C)c(Cl)c1. The summed E-state index contributed by atoms with van der Waals surface area (Å²) in [7, 11) is 0. The number of para-hydroxylation sites is 1. The number of nitrogens with one attached hydrogen (secondary N) is 1. The predicted octanol–water partition coefficient (Wildman–Crippen LogP) is 4.93. The largest absolute Gasteiger partial charge is 0.474 e. The summed E-state index contributed by atoms with van der Waals surface area (Å²) in [6, 6.07) is 6.37. The highest BCUT2D eigenvalue weighted by atomic mass is 35.5. The molecule has 150 valence electrons. The van der Waals surface area contributed by atoms with E-state index < -0.39 is 5.91 Å². The minimum Gasteiger partial charge on any atom is -0.474 e. The van der Waals surface area contributed by atoms with E-state index in [2.05, 4.69) is 10.3 Å². The molecule has 0 aliphatic rings. The van der Waals surface area contributed by atoms with Crippen molar-refractivity contribution in [2.75, 3.05) is 18.4 Å². The summed E-state index contributed by atoms with van der Waals surface area (Å²) in [5.41, 5.74) is 0.561. The summed E-state index contributed by atoms with van der Waals surface area (Å²) in [6.07, 6.45) is 1.27. The van der Waals surface area contributed by atoms with Gasteiger partial charge in [-0.1, -0.05) is 40.9 Å². The Morgan fingerprint density at radius 2 is 1.82 bits per heavy atom. The number of halogens is 3. The molecule has 9 heteroatoms. The lowest BCUT2D eigenvalue weighted by Crippen LogP contribution is -2.38. The molecule has 0 fully saturated rings. The van der Waals surface area contributed by atoms with Crippen LogP contribution in [-0.4, -0.2) is 40.9 Å². The van der Waals surface area contributed by atoms with Crippen molar-refractivity contribution in [1.82, 2.24) is 9.88 Å². The summed E-state index contributed by atoms with van der Waals surface area (Å²) >= 11 is 18.3. The van der Waals surface area contributed by atoms with Crippen LogP contribution in [0.2, 0.25) is 15.1 Å². The van der Waals surface area contributed by atoms with Crippen molar-refractivity contribution >= 4 is 52.3 Å². The number of rotatable bonds is 7. The molecule has 0 unspecified atom stereocenters. The average molecular weight is 445 g/mol. The second kappa shape index (κ2) is 9.96. The summed E-state index contributed by atoms with van der Waals surface area (Å²) < 4.78 is 5.46. The fraction of sp³-hybridized carbons (Fsp3) is 0.316. The highest BCUT2D eigenvalue weighted by Gasteiger charge is 2.20. The van der Waals surface area contributed by atoms with Crippen molar-refractivity contribution in [2.45, 2.75) is 26.9 Å². The van der Waals surface area contributed by atoms with Gasteiger partial charge >= 0.3 is 0 Å². The van der Waals surface area contributed by atoms with E-state index in [9.17, 15) is 9.59 Å². The number of aromatic nitrogens is 1. The van der Waals surface area contributed by atoms with Crippen LogP contribution in [0.3, 0.4) is 0 Å². The molecule has 0 aliphatic carbocycles. The summed E-state index contributed by atoms with van der Waals surface area (Å²) in [6.45, 7) is 5.58. The van der Waals surface area contributed by atoms with Crippen LogP contribution in [0.5, 0.6) is 5.88 Å². The van der Waals surface area contributed by atoms with Gasteiger partial charge in [0.1, 0.15) is 11.6 Å². The van der Waals surface area contributed by atoms with Crippen molar-refractivity contribution in [3.05, 3.63) is 51.1 Å². The Bertz CT molecular complexity index is 854. The lowest BCUT2D eigenvalue weighted by Gasteiger charge is -2.21. The standard InChI is InChI=1S/C19H20Cl3N3O3/c1-4-25(10-16(26)24-17-13(20)6-5-7-14(17)21)19(27)12-8-15(22)18(23-9-12)28-11(2)3/h5-9,11H,4,10H2,1-3H3,(H,24,26). The van der Waals surface area contributed by atoms with Crippen LogP contribution < -0.4 is 10.1 Å². The fourth-order valence-corrected chi connectivity index (χ4v) is 3.03. The summed E-state index contributed by atoms with van der Waals surface area (Å²) in [5, 5.41) is 3.48. The lowest BCUT2D eigenvalue weighted by molar-refractivity contribution is -0.116. The van der Waals surface area contributed by atoms with E-state index >= 15 is 0 Å². The van der Waals surface area contributed by atoms with E-state index in [-0.39, 0.29) is 35.0 Å². The number of carbonyl (C=O) groups excluding carboxylic acids is 2. The predicted molar refractivity (Wildman–Crippen MR) is 112 cm³/mol. The van der Waals surface area contributed by atoms with Gasteiger partial charge in [0.15, 0.2) is 0 Å². The van der Waals surface area contributed by atoms with Crippen LogP contribution >= 0.6 is 34.8 Å². The first-order chi connectivity index (χ1) is 13.2. The van der Waals surface area contributed by atoms with Gasteiger partial charge in [0.25, 0.3) is 5.91 Å². The molecule has 0 spiro atoms. The molecule has 0 saturated heterocycles. The van der Waals surface area contributed by atoms with E-state index in [1.165, 1.54) is 17.2 Å². The molecule has 1 N–H and O–H groups in total. The summed E-state index contributed by atoms with van der Waals surface area (Å²) in [4.78, 5) is 30.6. The van der Waals surface area contributed by atoms with Crippen molar-refractivity contribution in [1.29, 1.82) is 0 Å². The molecule has 0 saturated carbocycles. The molecular weight excluding hydrogens is 425 g/mol. The van der Waals surface area contributed by atoms with Crippen molar-refractivity contribution < 1.29 is 14.3 Å². The third-order valence-corrected chi connectivity index (χ3v) is 4.53. The third-order valence-electron chi connectivity index (χ3n) is 3.63. The monoisotopic (exact) mass is 443 g/mol. The van der Waals surface area contributed by atoms with Gasteiger partial charge in [0.05, 0.1) is 27.4 Å². The number of pyridine rings is 1. The molecule has 2 rings (SSSR count). The third kappa shape index (κ3) is 5.74. The first kappa shape index (κ1) is 22.3. The molecule has 0 atom stereocenters. The number of nitrogens with zero attached hydrogens (tertiary/aromatic N) is 2. The second-order valence-corrected chi connectivity index (χ2v) is 7.36. The number of carbonyl (C=O) groups is 2. The Hall–Kier alpha value is -2.02. The number of anilines is 1. The van der Waals surface area contributed by atoms with Crippen molar-refractivity contribution in [3.63, 3.8) is 0 Å². The molecule has 1 aromatic carbocycles. The van der Waals surface area contributed by atoms with E-state index in [0.717, 1.165) is 0 Å². The molecule has 0 bridgehead atoms. The lowest BCUT2D eigenvalue weighted by atomic mass is 10.2. The van der Waals surface area contributed by atoms with Gasteiger partial charge in [-0.2, -0.15) is 0 Å². The number of hydrogen-bond acceptors (Lipinski definition) is 4. The normalized spacial score (nSPS) is 10.7. The Labute approximate surface area is 178 Å². The first-order valence-electron chi connectivity index (χ1n) is 8.58. The Morgan fingerprint density at radius 3 is 2.36 bits per heavy atom. The molecule has 2 aromatic rings. The summed E-state index contributed by atoms with van der Waals surface area (Å²) in [5.74, 6) is -0.556. The van der Waals surface area contributed by atoms with Crippen molar-refractivity contribution in [2.24, 2.45) is 0 Å². The number of hydrogen-bond donors (Lipinski definition) is 1. The van der Waals surface area contributed by atoms with Gasteiger partial charge in [-0.15, -0.1) is 0 Å². The quantitative estimate of drug-likeness (QED) is 0.657. The van der Waals surface area contributed by atoms with Gasteiger partial charge in [-0.25, -0.2) is 4.98 Å². The molecule has 6 nitrogen and oxygen atoms in total. The van der Waals surface area contributed by atoms with Crippen LogP contribution in [0, 0.1) is 0 Å². The zero-order valence-electron chi connectivity index (χ0n) is 15.6. The molecular formula is C19H20Cl3N3O3. The number of amides is 2. The van der Waals surface area contributed by atoms with Gasteiger partial charge < -0.3 is 15.0 Å². The molecule has 2 amide bonds. The van der Waals surface area contributed by atoms with Gasteiger partial charge in [0, 0.05) is 12.7 Å². The highest BCUT2D eigenvalue weighted by Crippen LogP contribution is 2.29. The van der Waals surface area contributed by atoms with Crippen LogP contribution in [0.4, 0.5) is 5.69 Å². The van der Waals surface area contributed by atoms with Crippen molar-refractivity contribution in [3.8, 4) is 5.88 Å². The fourth-order valence-electron chi connectivity index (χ4n) is 2.33. The minimum atomic E-state index is -0.427. The maximum atomic E-state index is 12.7. The maximum Gasteiger partial charge on any atom is 0.255 e. The zero-order chi connectivity index (χ0) is 20.8. The van der Waals surface area contributed by atoms with Gasteiger partial charge in [-0.3, -0.25) is 9.59 Å². The second-order valence-electron chi connectivity index (χ2n) is 6.14. The number of likely N-dealkylation sites (N-methyl/N-ethyl adjacent to an activating group) is 1. The number of benzene rings is 1. The Morgan fingerprint density at radius 1 is 1.18 bits per heavy atom. The van der Waals surface area contributed by atoms with Crippen LogP contribution in [0.25, 0.3) is 0 Å². The first-order valence-corrected chi connectivity index (χ1v) is 9.71. The Balaban J connectivity index is 2.11. The highest BCUT2D eigenvalue weighted by molar-refractivity contribution is 6.39. The van der Waals surface area contributed by atoms with E-state index in [1.807, 2.05) is 13.8 Å². The average Bonchev–Trinajstić information content (AvgIpc) is 2.63. The van der Waals surface area contributed by atoms with Gasteiger partial charge in [0.2, 0.25) is 11.8 Å². The van der Waals surface area contributed by atoms with Crippen LogP contribution in [0.15, 0.2) is 30.5 Å². The molecule has 0 radical (unpaired) electrons. The number of ether oxygens (including phenoxy) is 1. The van der Waals surface area contributed by atoms with Crippen LogP contribution in [0.1, 0.15) is 31.1 Å². The molecule has 1 aromatic heterocycles. The van der Waals surface area contributed by atoms with E-state index in [4.69, 9.17) is 39.5 Å².